The Labute approximate surface area is 184 Å². The first-order chi connectivity index (χ1) is 14.9. The molecule has 2 aromatic carbocycles. The second-order valence-electron chi connectivity index (χ2n) is 8.29. The zero-order valence-electron chi connectivity index (χ0n) is 18.0. The van der Waals surface area contributed by atoms with Gasteiger partial charge in [-0.05, 0) is 38.0 Å². The number of nitrogens with one attached hydrogen (secondary N) is 1. The number of nitrogens with zero attached hydrogens (tertiary/aromatic N) is 1. The van der Waals surface area contributed by atoms with E-state index >= 15 is 0 Å². The van der Waals surface area contributed by atoms with Gasteiger partial charge in [-0.3, -0.25) is 4.79 Å². The lowest BCUT2D eigenvalue weighted by atomic mass is 9.97. The van der Waals surface area contributed by atoms with E-state index in [0.29, 0.717) is 0 Å². The van der Waals surface area contributed by atoms with Crippen molar-refractivity contribution in [3.63, 3.8) is 0 Å². The number of halogens is 1. The predicted molar refractivity (Wildman–Crippen MR) is 119 cm³/mol. The van der Waals surface area contributed by atoms with Gasteiger partial charge in [0.15, 0.2) is 0 Å². The summed E-state index contributed by atoms with van der Waals surface area (Å²) in [6.07, 6.45) is 7.48. The first-order valence-corrected chi connectivity index (χ1v) is 12.4. The largest absolute Gasteiger partial charge is 0.352 e. The Morgan fingerprint density at radius 1 is 1.00 bits per heavy atom. The van der Waals surface area contributed by atoms with E-state index in [0.717, 1.165) is 48.4 Å². The third kappa shape index (κ3) is 6.61. The Hall–Kier alpha value is -2.25. The van der Waals surface area contributed by atoms with E-state index in [-0.39, 0.29) is 35.5 Å². The average molecular weight is 447 g/mol. The van der Waals surface area contributed by atoms with E-state index in [1.54, 1.807) is 30.3 Å². The number of sulfonamides is 1. The summed E-state index contributed by atoms with van der Waals surface area (Å²) in [5.41, 5.74) is 1.17. The summed E-state index contributed by atoms with van der Waals surface area (Å²) in [7, 11) is -3.98. The molecule has 0 bridgehead atoms. The second-order valence-corrected chi connectivity index (χ2v) is 10.2. The Morgan fingerprint density at radius 3 is 2.26 bits per heavy atom. The molecule has 0 heterocycles. The van der Waals surface area contributed by atoms with Crippen molar-refractivity contribution in [3.05, 3.63) is 65.5 Å². The van der Waals surface area contributed by atoms with Crippen LogP contribution in [0.5, 0.6) is 0 Å². The van der Waals surface area contributed by atoms with Gasteiger partial charge in [-0.2, -0.15) is 4.31 Å². The number of benzene rings is 2. The lowest BCUT2D eigenvalue weighted by molar-refractivity contribution is -0.122. The van der Waals surface area contributed by atoms with Gasteiger partial charge in [0.2, 0.25) is 15.9 Å². The van der Waals surface area contributed by atoms with Gasteiger partial charge in [-0.1, -0.05) is 68.0 Å². The highest BCUT2D eigenvalue weighted by atomic mass is 32.2. The highest BCUT2D eigenvalue weighted by Crippen LogP contribution is 2.21. The molecule has 1 fully saturated rings. The van der Waals surface area contributed by atoms with Crippen LogP contribution in [0.1, 0.15) is 56.1 Å². The van der Waals surface area contributed by atoms with Crippen molar-refractivity contribution in [1.82, 2.24) is 9.62 Å². The van der Waals surface area contributed by atoms with Gasteiger partial charge in [0.25, 0.3) is 0 Å². The smallest absolute Gasteiger partial charge is 0.243 e. The van der Waals surface area contributed by atoms with E-state index in [4.69, 9.17) is 0 Å². The van der Waals surface area contributed by atoms with Gasteiger partial charge < -0.3 is 5.32 Å². The fraction of sp³-hybridized carbons (Fsp3) is 0.458. The van der Waals surface area contributed by atoms with Crippen LogP contribution in [-0.2, 0) is 21.4 Å². The molecule has 5 nitrogen and oxygen atoms in total. The molecular formula is C24H31FN2O3S. The number of aryl methyl sites for hydroxylation is 1. The summed E-state index contributed by atoms with van der Waals surface area (Å²) in [4.78, 5) is 12.9. The maximum Gasteiger partial charge on any atom is 0.243 e. The van der Waals surface area contributed by atoms with Crippen LogP contribution in [0.15, 0.2) is 53.4 Å². The lowest BCUT2D eigenvalue weighted by Crippen LogP contribution is -2.44. The fourth-order valence-corrected chi connectivity index (χ4v) is 5.31. The van der Waals surface area contributed by atoms with Crippen molar-refractivity contribution in [1.29, 1.82) is 0 Å². The van der Waals surface area contributed by atoms with Gasteiger partial charge in [-0.25, -0.2) is 12.8 Å². The van der Waals surface area contributed by atoms with Crippen LogP contribution in [0, 0.1) is 12.7 Å². The first kappa shape index (κ1) is 23.4. The van der Waals surface area contributed by atoms with Gasteiger partial charge in [0.1, 0.15) is 5.82 Å². The van der Waals surface area contributed by atoms with E-state index in [2.05, 4.69) is 5.32 Å². The summed E-state index contributed by atoms with van der Waals surface area (Å²) in [6, 6.07) is 12.6. The monoisotopic (exact) mass is 446 g/mol. The van der Waals surface area contributed by atoms with Crippen molar-refractivity contribution in [2.75, 3.05) is 6.54 Å². The topological polar surface area (TPSA) is 66.5 Å². The highest BCUT2D eigenvalue weighted by molar-refractivity contribution is 7.89. The number of carbonyl (C=O) groups excluding carboxylic acids is 1. The van der Waals surface area contributed by atoms with Crippen LogP contribution in [0.25, 0.3) is 0 Å². The van der Waals surface area contributed by atoms with E-state index < -0.39 is 15.8 Å². The number of rotatable bonds is 7. The van der Waals surface area contributed by atoms with Crippen LogP contribution in [-0.4, -0.2) is 31.2 Å². The standard InChI is InChI=1S/C24H31FN2O3S/c1-19-13-15-22(16-14-19)31(29,30)27(17-20-9-7-8-12-23(20)25)18-24(28)26-21-10-5-3-2-4-6-11-21/h7-9,12-16,21H,2-6,10-11,17-18H2,1H3,(H,26,28). The molecular weight excluding hydrogens is 415 g/mol. The van der Waals surface area contributed by atoms with Crippen molar-refractivity contribution in [2.45, 2.75) is 69.4 Å². The summed E-state index contributed by atoms with van der Waals surface area (Å²) >= 11 is 0. The predicted octanol–water partition coefficient (Wildman–Crippen LogP) is 4.55. The van der Waals surface area contributed by atoms with Crippen LogP contribution < -0.4 is 5.32 Å². The van der Waals surface area contributed by atoms with Crippen LogP contribution >= 0.6 is 0 Å². The quantitative estimate of drug-likeness (QED) is 0.678. The van der Waals surface area contributed by atoms with Crippen LogP contribution in [0.2, 0.25) is 0 Å². The molecule has 31 heavy (non-hydrogen) atoms. The molecule has 1 amide bonds. The molecule has 0 atom stereocenters. The molecule has 1 aliphatic carbocycles. The van der Waals surface area contributed by atoms with E-state index in [9.17, 15) is 17.6 Å². The molecule has 168 valence electrons. The average Bonchev–Trinajstić information content (AvgIpc) is 2.71. The van der Waals surface area contributed by atoms with E-state index in [1.165, 1.54) is 24.6 Å². The number of carbonyl (C=O) groups is 1. The lowest BCUT2D eigenvalue weighted by Gasteiger charge is -2.25. The highest BCUT2D eigenvalue weighted by Gasteiger charge is 2.28. The van der Waals surface area contributed by atoms with Crippen molar-refractivity contribution in [2.24, 2.45) is 0 Å². The number of hydrogen-bond donors (Lipinski definition) is 1. The summed E-state index contributed by atoms with van der Waals surface area (Å²) in [5.74, 6) is -0.843. The summed E-state index contributed by atoms with van der Waals surface area (Å²) in [6.45, 7) is 1.32. The van der Waals surface area contributed by atoms with Gasteiger partial charge >= 0.3 is 0 Å². The minimum atomic E-state index is -3.98. The SMILES string of the molecule is Cc1ccc(S(=O)(=O)N(CC(=O)NC2CCCCCCC2)Cc2ccccc2F)cc1. The van der Waals surface area contributed by atoms with E-state index in [1.807, 2.05) is 6.92 Å². The minimum absolute atomic E-state index is 0.0604. The van der Waals surface area contributed by atoms with Gasteiger partial charge in [-0.15, -0.1) is 0 Å². The van der Waals surface area contributed by atoms with Crippen LogP contribution in [0.4, 0.5) is 4.39 Å². The minimum Gasteiger partial charge on any atom is -0.352 e. The molecule has 0 saturated heterocycles. The molecule has 7 heteroatoms. The Morgan fingerprint density at radius 2 is 1.61 bits per heavy atom. The van der Waals surface area contributed by atoms with Crippen molar-refractivity contribution in [3.8, 4) is 0 Å². The molecule has 0 aromatic heterocycles. The van der Waals surface area contributed by atoms with Gasteiger partial charge in [0, 0.05) is 18.2 Å². The Balaban J connectivity index is 1.80. The molecule has 0 spiro atoms. The second kappa shape index (κ2) is 10.9. The molecule has 3 rings (SSSR count). The third-order valence-electron chi connectivity index (χ3n) is 5.75. The molecule has 1 aliphatic rings. The van der Waals surface area contributed by atoms with Crippen LogP contribution in [0.3, 0.4) is 0 Å². The molecule has 0 unspecified atom stereocenters. The third-order valence-corrected chi connectivity index (χ3v) is 7.56. The molecule has 2 aromatic rings. The molecule has 0 aliphatic heterocycles. The first-order valence-electron chi connectivity index (χ1n) is 11.0. The maximum absolute atomic E-state index is 14.3. The maximum atomic E-state index is 14.3. The fourth-order valence-electron chi connectivity index (χ4n) is 3.94. The Bertz CT molecular complexity index is 969. The zero-order chi connectivity index (χ0) is 22.3. The molecule has 1 N–H and O–H groups in total. The van der Waals surface area contributed by atoms with Gasteiger partial charge in [0.05, 0.1) is 11.4 Å². The molecule has 1 saturated carbocycles. The zero-order valence-corrected chi connectivity index (χ0v) is 18.8. The van der Waals surface area contributed by atoms with Crippen molar-refractivity contribution >= 4 is 15.9 Å². The normalized spacial score (nSPS) is 16.0. The van der Waals surface area contributed by atoms with Crippen molar-refractivity contribution < 1.29 is 17.6 Å². The summed E-state index contributed by atoms with van der Waals surface area (Å²) in [5, 5.41) is 3.01. The number of amides is 1. The summed E-state index contributed by atoms with van der Waals surface area (Å²) < 4.78 is 42.0. The Kier molecular flexibility index (Phi) is 8.21. The molecule has 0 radical (unpaired) electrons. The number of hydrogen-bond acceptors (Lipinski definition) is 3.